The lowest BCUT2D eigenvalue weighted by Gasteiger charge is -2.03. The molecule has 0 saturated carbocycles. The van der Waals surface area contributed by atoms with Crippen LogP contribution in [0.15, 0.2) is 30.7 Å². The van der Waals surface area contributed by atoms with Crippen LogP contribution in [0.3, 0.4) is 0 Å². The van der Waals surface area contributed by atoms with E-state index in [1.165, 1.54) is 6.20 Å². The molecular formula is C11H7ClFN5. The molecule has 0 radical (unpaired) electrons. The van der Waals surface area contributed by atoms with E-state index in [0.717, 1.165) is 6.20 Å². The molecule has 0 unspecified atom stereocenters. The number of nitrogen functional groups attached to an aromatic ring is 1. The molecular weight excluding hydrogens is 257 g/mol. The summed E-state index contributed by atoms with van der Waals surface area (Å²) in [5.74, 6) is -0.545. The van der Waals surface area contributed by atoms with Gasteiger partial charge in [-0.05, 0) is 6.07 Å². The van der Waals surface area contributed by atoms with Crippen LogP contribution < -0.4 is 5.73 Å². The van der Waals surface area contributed by atoms with Crippen LogP contribution in [0.1, 0.15) is 0 Å². The fourth-order valence-electron chi connectivity index (χ4n) is 1.69. The largest absolute Gasteiger partial charge is 0.368 e. The van der Waals surface area contributed by atoms with E-state index in [1.54, 1.807) is 22.7 Å². The zero-order valence-corrected chi connectivity index (χ0v) is 9.76. The van der Waals surface area contributed by atoms with Crippen molar-refractivity contribution in [1.29, 1.82) is 0 Å². The van der Waals surface area contributed by atoms with Crippen LogP contribution in [0.2, 0.25) is 5.02 Å². The zero-order valence-electron chi connectivity index (χ0n) is 9.01. The summed E-state index contributed by atoms with van der Waals surface area (Å²) in [4.78, 5) is 11.6. The van der Waals surface area contributed by atoms with E-state index < -0.39 is 5.82 Å². The Morgan fingerprint density at radius 1 is 1.28 bits per heavy atom. The van der Waals surface area contributed by atoms with Crippen LogP contribution in [-0.2, 0) is 0 Å². The zero-order chi connectivity index (χ0) is 12.7. The van der Waals surface area contributed by atoms with Crippen molar-refractivity contribution in [1.82, 2.24) is 19.4 Å². The Labute approximate surface area is 106 Å². The average Bonchev–Trinajstić information content (AvgIpc) is 2.75. The number of hydrogen-bond acceptors (Lipinski definition) is 4. The van der Waals surface area contributed by atoms with Gasteiger partial charge < -0.3 is 5.73 Å². The highest BCUT2D eigenvalue weighted by atomic mass is 35.5. The number of rotatable bonds is 1. The summed E-state index contributed by atoms with van der Waals surface area (Å²) in [6, 6.07) is 3.36. The predicted molar refractivity (Wildman–Crippen MR) is 65.6 cm³/mol. The lowest BCUT2D eigenvalue weighted by molar-refractivity contribution is 0.618. The minimum Gasteiger partial charge on any atom is -0.368 e. The molecule has 7 heteroatoms. The van der Waals surface area contributed by atoms with Crippen molar-refractivity contribution in [3.63, 3.8) is 0 Å². The van der Waals surface area contributed by atoms with Crippen molar-refractivity contribution in [3.8, 4) is 11.4 Å². The summed E-state index contributed by atoms with van der Waals surface area (Å²) < 4.78 is 15.4. The van der Waals surface area contributed by atoms with E-state index in [1.807, 2.05) is 0 Å². The maximum atomic E-state index is 13.7. The predicted octanol–water partition coefficient (Wildman–Crippen LogP) is 2.17. The summed E-state index contributed by atoms with van der Waals surface area (Å²) in [5, 5.41) is 0.558. The van der Waals surface area contributed by atoms with E-state index in [0.29, 0.717) is 16.4 Å². The highest BCUT2D eigenvalue weighted by Crippen LogP contribution is 2.23. The third-order valence-electron chi connectivity index (χ3n) is 2.48. The van der Waals surface area contributed by atoms with Crippen molar-refractivity contribution in [2.45, 2.75) is 0 Å². The molecule has 3 aromatic heterocycles. The van der Waals surface area contributed by atoms with Gasteiger partial charge in [0.2, 0.25) is 5.95 Å². The number of nitrogens with two attached hydrogens (primary N) is 1. The van der Waals surface area contributed by atoms with Crippen LogP contribution in [-0.4, -0.2) is 19.4 Å². The van der Waals surface area contributed by atoms with Crippen molar-refractivity contribution < 1.29 is 4.39 Å². The molecule has 3 aromatic rings. The molecule has 18 heavy (non-hydrogen) atoms. The monoisotopic (exact) mass is 263 g/mol. The van der Waals surface area contributed by atoms with E-state index in [9.17, 15) is 4.39 Å². The Hall–Kier alpha value is -2.21. The van der Waals surface area contributed by atoms with Gasteiger partial charge in [0.15, 0.2) is 5.82 Å². The molecule has 0 amide bonds. The molecule has 3 rings (SSSR count). The molecule has 0 aromatic carbocycles. The molecule has 0 fully saturated rings. The second kappa shape index (κ2) is 3.92. The number of aromatic nitrogens is 4. The Morgan fingerprint density at radius 3 is 2.94 bits per heavy atom. The Bertz CT molecular complexity index is 739. The number of anilines is 1. The third kappa shape index (κ3) is 1.67. The molecule has 0 spiro atoms. The normalized spacial score (nSPS) is 11.0. The van der Waals surface area contributed by atoms with Gasteiger partial charge in [-0.25, -0.2) is 19.3 Å². The van der Waals surface area contributed by atoms with Crippen molar-refractivity contribution in [2.75, 3.05) is 5.73 Å². The standard InChI is InChI=1S/C11H7ClFN5/c12-6-1-2-18-8(5-15-9(18)3-6)10-7(13)4-16-11(14)17-10/h1-5H,(H2,14,16,17). The van der Waals surface area contributed by atoms with Gasteiger partial charge in [-0.2, -0.15) is 0 Å². The fourth-order valence-corrected chi connectivity index (χ4v) is 1.85. The fraction of sp³-hybridized carbons (Fsp3) is 0. The highest BCUT2D eigenvalue weighted by molar-refractivity contribution is 6.30. The van der Waals surface area contributed by atoms with Crippen molar-refractivity contribution in [3.05, 3.63) is 41.6 Å². The quantitative estimate of drug-likeness (QED) is 0.730. The van der Waals surface area contributed by atoms with Gasteiger partial charge in [0, 0.05) is 17.3 Å². The first-order chi connectivity index (χ1) is 8.65. The number of halogens is 2. The summed E-state index contributed by atoms with van der Waals surface area (Å²) in [5.41, 5.74) is 6.67. The van der Waals surface area contributed by atoms with Gasteiger partial charge in [-0.3, -0.25) is 4.40 Å². The maximum Gasteiger partial charge on any atom is 0.220 e. The topological polar surface area (TPSA) is 69.1 Å². The molecule has 2 N–H and O–H groups in total. The van der Waals surface area contributed by atoms with E-state index >= 15 is 0 Å². The minimum atomic E-state index is -0.555. The Morgan fingerprint density at radius 2 is 2.11 bits per heavy atom. The second-order valence-corrected chi connectivity index (χ2v) is 4.08. The van der Waals surface area contributed by atoms with Gasteiger partial charge in [-0.15, -0.1) is 0 Å². The minimum absolute atomic E-state index is 0.00955. The number of imidazole rings is 1. The Balaban J connectivity index is 2.28. The first-order valence-electron chi connectivity index (χ1n) is 5.06. The maximum absolute atomic E-state index is 13.7. The number of fused-ring (bicyclic) bond motifs is 1. The van der Waals surface area contributed by atoms with Crippen molar-refractivity contribution in [2.24, 2.45) is 0 Å². The molecule has 0 aliphatic heterocycles. The lowest BCUT2D eigenvalue weighted by Crippen LogP contribution is -2.00. The summed E-state index contributed by atoms with van der Waals surface area (Å²) in [6.45, 7) is 0. The van der Waals surface area contributed by atoms with Gasteiger partial charge in [0.1, 0.15) is 11.3 Å². The van der Waals surface area contributed by atoms with Gasteiger partial charge in [-0.1, -0.05) is 11.6 Å². The van der Waals surface area contributed by atoms with E-state index in [2.05, 4.69) is 15.0 Å². The SMILES string of the molecule is Nc1ncc(F)c(-c2cnc3cc(Cl)ccn23)n1. The summed E-state index contributed by atoms with van der Waals surface area (Å²) >= 11 is 5.86. The lowest BCUT2D eigenvalue weighted by atomic mass is 10.3. The third-order valence-corrected chi connectivity index (χ3v) is 2.72. The molecule has 0 saturated heterocycles. The van der Waals surface area contributed by atoms with Gasteiger partial charge >= 0.3 is 0 Å². The molecule has 0 bridgehead atoms. The number of hydrogen-bond donors (Lipinski definition) is 1. The van der Waals surface area contributed by atoms with Crippen molar-refractivity contribution >= 4 is 23.2 Å². The smallest absolute Gasteiger partial charge is 0.220 e. The molecule has 90 valence electrons. The molecule has 3 heterocycles. The average molecular weight is 264 g/mol. The van der Waals surface area contributed by atoms with Crippen LogP contribution in [0.25, 0.3) is 17.0 Å². The second-order valence-electron chi connectivity index (χ2n) is 3.64. The van der Waals surface area contributed by atoms with Crippen LogP contribution in [0.4, 0.5) is 10.3 Å². The van der Waals surface area contributed by atoms with Crippen LogP contribution >= 0.6 is 11.6 Å². The summed E-state index contributed by atoms with van der Waals surface area (Å²) in [6.07, 6.45) is 4.24. The number of nitrogens with zero attached hydrogens (tertiary/aromatic N) is 4. The van der Waals surface area contributed by atoms with Gasteiger partial charge in [0.05, 0.1) is 18.1 Å². The first kappa shape index (κ1) is 10.9. The Kier molecular flexibility index (Phi) is 2.38. The number of pyridine rings is 1. The molecule has 0 aliphatic carbocycles. The first-order valence-corrected chi connectivity index (χ1v) is 5.44. The van der Waals surface area contributed by atoms with E-state index in [-0.39, 0.29) is 11.6 Å². The van der Waals surface area contributed by atoms with E-state index in [4.69, 9.17) is 17.3 Å². The highest BCUT2D eigenvalue weighted by Gasteiger charge is 2.13. The molecule has 0 aliphatic rings. The summed E-state index contributed by atoms with van der Waals surface area (Å²) in [7, 11) is 0. The molecule has 0 atom stereocenters. The molecule has 5 nitrogen and oxygen atoms in total. The van der Waals surface area contributed by atoms with Crippen LogP contribution in [0, 0.1) is 5.82 Å². The van der Waals surface area contributed by atoms with Gasteiger partial charge in [0.25, 0.3) is 0 Å². The van der Waals surface area contributed by atoms with Crippen LogP contribution in [0.5, 0.6) is 0 Å².